The monoisotopic (exact) mass is 212 g/mol. The van der Waals surface area contributed by atoms with E-state index in [-0.39, 0.29) is 0 Å². The molecular formula is C15H16O. The van der Waals surface area contributed by atoms with E-state index >= 15 is 0 Å². The largest absolute Gasteiger partial charge is 0.495 e. The van der Waals surface area contributed by atoms with E-state index in [0.717, 1.165) is 17.8 Å². The molecule has 2 rings (SSSR count). The molecule has 16 heavy (non-hydrogen) atoms. The van der Waals surface area contributed by atoms with Gasteiger partial charge in [0.1, 0.15) is 5.76 Å². The van der Waals surface area contributed by atoms with Gasteiger partial charge in [-0.25, -0.2) is 0 Å². The Hall–Kier alpha value is -1.76. The third-order valence-electron chi connectivity index (χ3n) is 2.89. The third kappa shape index (κ3) is 1.69. The van der Waals surface area contributed by atoms with Crippen LogP contribution in [0.4, 0.5) is 0 Å². The van der Waals surface area contributed by atoms with Crippen LogP contribution in [0.25, 0.3) is 11.8 Å². The van der Waals surface area contributed by atoms with Crippen LogP contribution in [-0.2, 0) is 4.74 Å². The SMILES string of the molecule is C=CC1=CCC=c2cccc(C)c2=C1OC. The number of aryl methyl sites for hydroxylation is 1. The number of fused-ring (bicyclic) bond motifs is 1. The molecule has 82 valence electrons. The summed E-state index contributed by atoms with van der Waals surface area (Å²) in [6.07, 6.45) is 7.14. The van der Waals surface area contributed by atoms with E-state index in [4.69, 9.17) is 4.74 Å². The fourth-order valence-electron chi connectivity index (χ4n) is 2.12. The molecule has 0 aliphatic heterocycles. The van der Waals surface area contributed by atoms with Crippen LogP contribution >= 0.6 is 0 Å². The number of ether oxygens (including phenoxy) is 1. The number of benzene rings is 1. The molecule has 1 aliphatic carbocycles. The number of hydrogen-bond acceptors (Lipinski definition) is 1. The fourth-order valence-corrected chi connectivity index (χ4v) is 2.12. The molecule has 0 aromatic heterocycles. The van der Waals surface area contributed by atoms with Gasteiger partial charge in [-0.1, -0.05) is 43.0 Å². The summed E-state index contributed by atoms with van der Waals surface area (Å²) in [5, 5.41) is 2.43. The average molecular weight is 212 g/mol. The van der Waals surface area contributed by atoms with Gasteiger partial charge in [-0.2, -0.15) is 0 Å². The van der Waals surface area contributed by atoms with Crippen LogP contribution in [0, 0.1) is 6.92 Å². The van der Waals surface area contributed by atoms with Gasteiger partial charge in [-0.15, -0.1) is 0 Å². The molecule has 1 aliphatic rings. The number of rotatable bonds is 2. The fraction of sp³-hybridized carbons (Fsp3) is 0.200. The van der Waals surface area contributed by atoms with Crippen LogP contribution in [0.3, 0.4) is 0 Å². The molecule has 0 saturated carbocycles. The lowest BCUT2D eigenvalue weighted by atomic mass is 10.1. The van der Waals surface area contributed by atoms with E-state index in [2.05, 4.69) is 43.9 Å². The van der Waals surface area contributed by atoms with Gasteiger partial charge in [0.05, 0.1) is 7.11 Å². The maximum absolute atomic E-state index is 5.54. The quantitative estimate of drug-likeness (QED) is 0.729. The second kappa shape index (κ2) is 4.40. The van der Waals surface area contributed by atoms with E-state index in [0.29, 0.717) is 0 Å². The molecule has 0 unspecified atom stereocenters. The minimum Gasteiger partial charge on any atom is -0.495 e. The van der Waals surface area contributed by atoms with Crippen LogP contribution in [0.5, 0.6) is 0 Å². The predicted molar refractivity (Wildman–Crippen MR) is 68.2 cm³/mol. The summed E-state index contributed by atoms with van der Waals surface area (Å²) in [5.74, 6) is 0.928. The summed E-state index contributed by atoms with van der Waals surface area (Å²) in [5.41, 5.74) is 2.31. The molecule has 0 N–H and O–H groups in total. The zero-order valence-electron chi connectivity index (χ0n) is 9.79. The van der Waals surface area contributed by atoms with E-state index in [9.17, 15) is 0 Å². The van der Waals surface area contributed by atoms with Gasteiger partial charge < -0.3 is 4.74 Å². The van der Waals surface area contributed by atoms with E-state index in [1.165, 1.54) is 16.0 Å². The molecule has 1 nitrogen and oxygen atoms in total. The van der Waals surface area contributed by atoms with Crippen molar-refractivity contribution in [3.05, 3.63) is 58.5 Å². The Balaban J connectivity index is 2.92. The van der Waals surface area contributed by atoms with Crippen molar-refractivity contribution in [2.45, 2.75) is 13.3 Å². The van der Waals surface area contributed by atoms with Crippen LogP contribution in [0.1, 0.15) is 12.0 Å². The van der Waals surface area contributed by atoms with Crippen molar-refractivity contribution in [1.29, 1.82) is 0 Å². The summed E-state index contributed by atoms with van der Waals surface area (Å²) in [7, 11) is 1.72. The van der Waals surface area contributed by atoms with Gasteiger partial charge in [0.25, 0.3) is 0 Å². The predicted octanol–water partition coefficient (Wildman–Crippen LogP) is 2.05. The van der Waals surface area contributed by atoms with Crippen molar-refractivity contribution in [2.24, 2.45) is 0 Å². The van der Waals surface area contributed by atoms with Crippen LogP contribution in [0.15, 0.2) is 42.5 Å². The highest BCUT2D eigenvalue weighted by atomic mass is 16.5. The molecule has 0 saturated heterocycles. The van der Waals surface area contributed by atoms with Crippen molar-refractivity contribution >= 4 is 11.8 Å². The number of hydrogen-bond donors (Lipinski definition) is 0. The van der Waals surface area contributed by atoms with E-state index < -0.39 is 0 Å². The third-order valence-corrected chi connectivity index (χ3v) is 2.89. The Morgan fingerprint density at radius 1 is 1.31 bits per heavy atom. The lowest BCUT2D eigenvalue weighted by molar-refractivity contribution is 0.366. The second-order valence-corrected chi connectivity index (χ2v) is 3.88. The maximum Gasteiger partial charge on any atom is 0.133 e. The van der Waals surface area contributed by atoms with Gasteiger partial charge in [-0.3, -0.25) is 0 Å². The molecule has 1 heteroatoms. The van der Waals surface area contributed by atoms with Crippen molar-refractivity contribution in [1.82, 2.24) is 0 Å². The molecule has 0 atom stereocenters. The molecule has 0 fully saturated rings. The highest BCUT2D eigenvalue weighted by Crippen LogP contribution is 2.14. The minimum atomic E-state index is 0.921. The highest BCUT2D eigenvalue weighted by Gasteiger charge is 2.07. The van der Waals surface area contributed by atoms with Gasteiger partial charge in [0.2, 0.25) is 0 Å². The summed E-state index contributed by atoms with van der Waals surface area (Å²) >= 11 is 0. The zero-order valence-corrected chi connectivity index (χ0v) is 9.79. The Kier molecular flexibility index (Phi) is 2.95. The Bertz CT molecular complexity index is 562. The van der Waals surface area contributed by atoms with Crippen LogP contribution < -0.4 is 10.4 Å². The van der Waals surface area contributed by atoms with Crippen LogP contribution in [-0.4, -0.2) is 7.11 Å². The van der Waals surface area contributed by atoms with Crippen LogP contribution in [0.2, 0.25) is 0 Å². The highest BCUT2D eigenvalue weighted by molar-refractivity contribution is 5.65. The molecular weight excluding hydrogens is 196 g/mol. The first-order valence-corrected chi connectivity index (χ1v) is 5.45. The molecule has 0 radical (unpaired) electrons. The Morgan fingerprint density at radius 2 is 2.12 bits per heavy atom. The Labute approximate surface area is 96.1 Å². The average Bonchev–Trinajstić information content (AvgIpc) is 2.48. The van der Waals surface area contributed by atoms with Gasteiger partial charge >= 0.3 is 0 Å². The standard InChI is InChI=1S/C15H16O/c1-4-12-8-6-10-13-9-5-7-11(2)14(13)15(12)16-3/h4-5,7-10H,1,6H2,2-3H3. The van der Waals surface area contributed by atoms with Crippen molar-refractivity contribution < 1.29 is 4.74 Å². The smallest absolute Gasteiger partial charge is 0.133 e. The summed E-state index contributed by atoms with van der Waals surface area (Å²) in [6, 6.07) is 6.32. The van der Waals surface area contributed by atoms with Gasteiger partial charge in [-0.05, 0) is 24.1 Å². The van der Waals surface area contributed by atoms with Gasteiger partial charge in [0, 0.05) is 10.8 Å². The van der Waals surface area contributed by atoms with E-state index in [1.54, 1.807) is 7.11 Å². The maximum atomic E-state index is 5.54. The van der Waals surface area contributed by atoms with Crippen molar-refractivity contribution in [3.63, 3.8) is 0 Å². The van der Waals surface area contributed by atoms with Gasteiger partial charge in [0.15, 0.2) is 0 Å². The minimum absolute atomic E-state index is 0.921. The number of methoxy groups -OCH3 is 1. The second-order valence-electron chi connectivity index (χ2n) is 3.88. The molecule has 0 amide bonds. The van der Waals surface area contributed by atoms with Crippen molar-refractivity contribution in [2.75, 3.05) is 7.11 Å². The lowest BCUT2D eigenvalue weighted by Gasteiger charge is -2.08. The molecule has 0 spiro atoms. The first-order chi connectivity index (χ1) is 7.77. The lowest BCUT2D eigenvalue weighted by Crippen LogP contribution is -2.29. The first-order valence-electron chi connectivity index (χ1n) is 5.45. The van der Waals surface area contributed by atoms with E-state index in [1.807, 2.05) is 6.08 Å². The summed E-state index contributed by atoms with van der Waals surface area (Å²) in [4.78, 5) is 0. The Morgan fingerprint density at radius 3 is 2.81 bits per heavy atom. The molecule has 1 aromatic rings. The summed E-state index contributed by atoms with van der Waals surface area (Å²) < 4.78 is 5.54. The number of allylic oxidation sites excluding steroid dienone is 1. The summed E-state index contributed by atoms with van der Waals surface area (Å²) in [6.45, 7) is 5.95. The topological polar surface area (TPSA) is 9.23 Å². The zero-order chi connectivity index (χ0) is 11.5. The molecule has 1 aromatic carbocycles. The first kappa shape index (κ1) is 10.7. The molecule has 0 bridgehead atoms. The normalized spacial score (nSPS) is 14.4. The van der Waals surface area contributed by atoms with Crippen molar-refractivity contribution in [3.8, 4) is 0 Å². The molecule has 0 heterocycles.